The van der Waals surface area contributed by atoms with Crippen molar-refractivity contribution in [2.45, 2.75) is 64.8 Å². The number of aryl methyl sites for hydroxylation is 1. The summed E-state index contributed by atoms with van der Waals surface area (Å²) >= 11 is 8.97. The standard InChI is InChI=1S/C17H25BrN2S/c1-2-3-4-5-6-7-8-9-12-20-16-13-14(18)10-11-15(16)19-17(20)21/h10-11,13H,2-9,12H2,1H3,(H,19,21). The van der Waals surface area contributed by atoms with Crippen LogP contribution >= 0.6 is 28.1 Å². The molecule has 1 aromatic carbocycles. The Bertz CT molecular complexity index is 615. The minimum atomic E-state index is 0.839. The fourth-order valence-electron chi connectivity index (χ4n) is 2.75. The molecule has 2 aromatic rings. The van der Waals surface area contributed by atoms with Crippen LogP contribution in [0.2, 0.25) is 0 Å². The van der Waals surface area contributed by atoms with E-state index in [2.05, 4.69) is 44.5 Å². The van der Waals surface area contributed by atoms with Crippen LogP contribution in [0, 0.1) is 4.77 Å². The van der Waals surface area contributed by atoms with E-state index in [1.165, 1.54) is 56.9 Å². The van der Waals surface area contributed by atoms with Gasteiger partial charge >= 0.3 is 0 Å². The molecular weight excluding hydrogens is 344 g/mol. The van der Waals surface area contributed by atoms with E-state index in [4.69, 9.17) is 12.2 Å². The number of unbranched alkanes of at least 4 members (excludes halogenated alkanes) is 7. The molecular formula is C17H25BrN2S. The molecule has 1 heterocycles. The number of halogens is 1. The number of aromatic nitrogens is 2. The topological polar surface area (TPSA) is 20.7 Å². The molecule has 0 bridgehead atoms. The first-order chi connectivity index (χ1) is 10.2. The van der Waals surface area contributed by atoms with Gasteiger partial charge in [-0.3, -0.25) is 0 Å². The van der Waals surface area contributed by atoms with Crippen LogP contribution in [0.5, 0.6) is 0 Å². The van der Waals surface area contributed by atoms with Crippen LogP contribution in [0.25, 0.3) is 11.0 Å². The van der Waals surface area contributed by atoms with E-state index >= 15 is 0 Å². The monoisotopic (exact) mass is 368 g/mol. The maximum absolute atomic E-state index is 5.44. The minimum absolute atomic E-state index is 0.839. The zero-order valence-electron chi connectivity index (χ0n) is 12.8. The van der Waals surface area contributed by atoms with Crippen molar-refractivity contribution in [2.75, 3.05) is 0 Å². The van der Waals surface area contributed by atoms with Gasteiger partial charge in [-0.15, -0.1) is 0 Å². The van der Waals surface area contributed by atoms with Gasteiger partial charge in [-0.25, -0.2) is 0 Å². The maximum Gasteiger partial charge on any atom is 0.178 e. The smallest absolute Gasteiger partial charge is 0.178 e. The third-order valence-corrected chi connectivity index (χ3v) is 4.79. The van der Waals surface area contributed by atoms with Gasteiger partial charge in [0, 0.05) is 11.0 Å². The van der Waals surface area contributed by atoms with E-state index in [1.54, 1.807) is 0 Å². The van der Waals surface area contributed by atoms with Crippen molar-refractivity contribution in [3.8, 4) is 0 Å². The summed E-state index contributed by atoms with van der Waals surface area (Å²) in [7, 11) is 0. The van der Waals surface area contributed by atoms with Gasteiger partial charge < -0.3 is 9.55 Å². The molecule has 0 aliphatic carbocycles. The quantitative estimate of drug-likeness (QED) is 0.390. The Morgan fingerprint density at radius 3 is 2.43 bits per heavy atom. The molecule has 21 heavy (non-hydrogen) atoms. The number of nitrogens with one attached hydrogen (secondary N) is 1. The molecule has 2 nitrogen and oxygen atoms in total. The lowest BCUT2D eigenvalue weighted by Gasteiger charge is -2.05. The zero-order valence-corrected chi connectivity index (χ0v) is 15.2. The van der Waals surface area contributed by atoms with Gasteiger partial charge in [0.05, 0.1) is 11.0 Å². The second-order valence-electron chi connectivity index (χ2n) is 5.72. The molecule has 0 aliphatic rings. The van der Waals surface area contributed by atoms with Crippen molar-refractivity contribution in [1.29, 1.82) is 0 Å². The Balaban J connectivity index is 1.80. The predicted molar refractivity (Wildman–Crippen MR) is 97.4 cm³/mol. The molecule has 0 saturated carbocycles. The van der Waals surface area contributed by atoms with E-state index in [1.807, 2.05) is 6.07 Å². The molecule has 1 aromatic heterocycles. The molecule has 0 saturated heterocycles. The van der Waals surface area contributed by atoms with Gasteiger partial charge in [-0.2, -0.15) is 0 Å². The van der Waals surface area contributed by atoms with Gasteiger partial charge in [0.25, 0.3) is 0 Å². The summed E-state index contributed by atoms with van der Waals surface area (Å²) in [4.78, 5) is 3.29. The van der Waals surface area contributed by atoms with Gasteiger partial charge in [-0.05, 0) is 36.8 Å². The molecule has 4 heteroatoms. The Hall–Kier alpha value is -0.610. The van der Waals surface area contributed by atoms with Crippen molar-refractivity contribution in [2.24, 2.45) is 0 Å². The highest BCUT2D eigenvalue weighted by Crippen LogP contribution is 2.20. The summed E-state index contributed by atoms with van der Waals surface area (Å²) in [5, 5.41) is 0. The van der Waals surface area contributed by atoms with Crippen LogP contribution in [-0.2, 0) is 6.54 Å². The third-order valence-electron chi connectivity index (χ3n) is 3.97. The van der Waals surface area contributed by atoms with Crippen LogP contribution in [0.3, 0.4) is 0 Å². The lowest BCUT2D eigenvalue weighted by Crippen LogP contribution is -1.98. The first-order valence-corrected chi connectivity index (χ1v) is 9.30. The number of H-pyrrole nitrogens is 1. The molecule has 116 valence electrons. The normalized spacial score (nSPS) is 11.3. The van der Waals surface area contributed by atoms with Crippen LogP contribution in [-0.4, -0.2) is 9.55 Å². The molecule has 0 unspecified atom stereocenters. The highest BCUT2D eigenvalue weighted by atomic mass is 79.9. The fourth-order valence-corrected chi connectivity index (χ4v) is 3.40. The molecule has 0 spiro atoms. The number of benzene rings is 1. The highest BCUT2D eigenvalue weighted by Gasteiger charge is 2.04. The first kappa shape index (κ1) is 16.8. The second-order valence-corrected chi connectivity index (χ2v) is 7.02. The molecule has 2 rings (SSSR count). The van der Waals surface area contributed by atoms with Crippen molar-refractivity contribution in [3.05, 3.63) is 27.4 Å². The van der Waals surface area contributed by atoms with Gasteiger partial charge in [0.1, 0.15) is 0 Å². The summed E-state index contributed by atoms with van der Waals surface area (Å²) in [5.74, 6) is 0. The van der Waals surface area contributed by atoms with Gasteiger partial charge in [0.15, 0.2) is 4.77 Å². The van der Waals surface area contributed by atoms with E-state index in [0.29, 0.717) is 0 Å². The average molecular weight is 369 g/mol. The molecule has 0 radical (unpaired) electrons. The van der Waals surface area contributed by atoms with E-state index in [0.717, 1.165) is 21.3 Å². The van der Waals surface area contributed by atoms with Crippen molar-refractivity contribution in [3.63, 3.8) is 0 Å². The number of rotatable bonds is 9. The lowest BCUT2D eigenvalue weighted by atomic mass is 10.1. The van der Waals surface area contributed by atoms with Crippen molar-refractivity contribution in [1.82, 2.24) is 9.55 Å². The summed E-state index contributed by atoms with van der Waals surface area (Å²) in [6.07, 6.45) is 10.8. The molecule has 0 aliphatic heterocycles. The van der Waals surface area contributed by atoms with E-state index in [-0.39, 0.29) is 0 Å². The van der Waals surface area contributed by atoms with E-state index in [9.17, 15) is 0 Å². The SMILES string of the molecule is CCCCCCCCCCn1c(=S)[nH]c2ccc(Br)cc21. The highest BCUT2D eigenvalue weighted by molar-refractivity contribution is 9.10. The first-order valence-electron chi connectivity index (χ1n) is 8.10. The number of imidazole rings is 1. The predicted octanol–water partition coefficient (Wildman–Crippen LogP) is 6.60. The summed E-state index contributed by atoms with van der Waals surface area (Å²) in [5.41, 5.74) is 2.33. The number of nitrogens with zero attached hydrogens (tertiary/aromatic N) is 1. The maximum atomic E-state index is 5.44. The summed E-state index contributed by atoms with van der Waals surface area (Å²) in [6, 6.07) is 6.28. The van der Waals surface area contributed by atoms with Crippen LogP contribution < -0.4 is 0 Å². The number of fused-ring (bicyclic) bond motifs is 1. The Kier molecular flexibility index (Phi) is 6.97. The minimum Gasteiger partial charge on any atom is -0.331 e. The largest absolute Gasteiger partial charge is 0.331 e. The number of hydrogen-bond acceptors (Lipinski definition) is 1. The van der Waals surface area contributed by atoms with Gasteiger partial charge in [0.2, 0.25) is 0 Å². The number of hydrogen-bond donors (Lipinski definition) is 1. The molecule has 0 fully saturated rings. The third kappa shape index (κ3) is 4.96. The second kappa shape index (κ2) is 8.74. The molecule has 0 amide bonds. The average Bonchev–Trinajstić information content (AvgIpc) is 2.77. The Labute approximate surface area is 141 Å². The Morgan fingerprint density at radius 1 is 1.05 bits per heavy atom. The zero-order chi connectivity index (χ0) is 15.1. The molecule has 1 N–H and O–H groups in total. The van der Waals surface area contributed by atoms with Crippen LogP contribution in [0.4, 0.5) is 0 Å². The fraction of sp³-hybridized carbons (Fsp3) is 0.588. The van der Waals surface area contributed by atoms with Crippen LogP contribution in [0.1, 0.15) is 58.3 Å². The lowest BCUT2D eigenvalue weighted by molar-refractivity contribution is 0.546. The number of aromatic amines is 1. The van der Waals surface area contributed by atoms with Crippen molar-refractivity contribution >= 4 is 39.2 Å². The Morgan fingerprint density at radius 2 is 1.71 bits per heavy atom. The molecule has 0 atom stereocenters. The summed E-state index contributed by atoms with van der Waals surface area (Å²) < 4.78 is 4.17. The summed E-state index contributed by atoms with van der Waals surface area (Å²) in [6.45, 7) is 3.29. The van der Waals surface area contributed by atoms with E-state index < -0.39 is 0 Å². The van der Waals surface area contributed by atoms with Gasteiger partial charge in [-0.1, -0.05) is 67.8 Å². The van der Waals surface area contributed by atoms with Crippen LogP contribution in [0.15, 0.2) is 22.7 Å². The van der Waals surface area contributed by atoms with Crippen molar-refractivity contribution < 1.29 is 0 Å².